The molecule has 2 aromatic carbocycles. The lowest BCUT2D eigenvalue weighted by atomic mass is 9.99. The van der Waals surface area contributed by atoms with Gasteiger partial charge in [0.1, 0.15) is 0 Å². The number of nitrogens with one attached hydrogen (secondary N) is 1. The van der Waals surface area contributed by atoms with Crippen LogP contribution in [0, 0.1) is 0 Å². The van der Waals surface area contributed by atoms with Gasteiger partial charge >= 0.3 is 0 Å². The van der Waals surface area contributed by atoms with Crippen molar-refractivity contribution in [2.45, 2.75) is 12.8 Å². The predicted molar refractivity (Wildman–Crippen MR) is 123 cm³/mol. The number of aromatic nitrogens is 2. The Morgan fingerprint density at radius 1 is 0.839 bits per heavy atom. The quantitative estimate of drug-likeness (QED) is 0.613. The average molecular weight is 416 g/mol. The number of nitrogens with zero attached hydrogens (tertiary/aromatic N) is 4. The lowest BCUT2D eigenvalue weighted by molar-refractivity contribution is 0.0947. The normalized spacial score (nSPS) is 14.4. The molecule has 0 radical (unpaired) electrons. The zero-order chi connectivity index (χ0) is 21.3. The van der Waals surface area contributed by atoms with Crippen LogP contribution in [0.2, 0.25) is 0 Å². The summed E-state index contributed by atoms with van der Waals surface area (Å²) in [5, 5.41) is 3.11. The number of rotatable bonds is 8. The molecule has 1 saturated heterocycles. The lowest BCUT2D eigenvalue weighted by Crippen LogP contribution is -2.49. The van der Waals surface area contributed by atoms with Crippen molar-refractivity contribution in [1.82, 2.24) is 20.2 Å². The van der Waals surface area contributed by atoms with Crippen LogP contribution in [-0.2, 0) is 12.8 Å². The maximum Gasteiger partial charge on any atom is 0.251 e. The number of carbonyl (C=O) groups excluding carboxylic acids is 1. The minimum Gasteiger partial charge on any atom is -0.351 e. The van der Waals surface area contributed by atoms with Crippen molar-refractivity contribution < 1.29 is 4.79 Å². The summed E-state index contributed by atoms with van der Waals surface area (Å²) in [7, 11) is 0. The number of hydrogen-bond acceptors (Lipinski definition) is 5. The van der Waals surface area contributed by atoms with Crippen LogP contribution in [0.25, 0.3) is 0 Å². The fraction of sp³-hybridized carbons (Fsp3) is 0.320. The first-order chi connectivity index (χ1) is 15.3. The van der Waals surface area contributed by atoms with Crippen LogP contribution in [0.3, 0.4) is 0 Å². The van der Waals surface area contributed by atoms with E-state index in [1.165, 1.54) is 5.56 Å². The first kappa shape index (κ1) is 21.0. The van der Waals surface area contributed by atoms with E-state index in [1.54, 1.807) is 12.4 Å². The molecule has 1 aromatic heterocycles. The number of hydrogen-bond donors (Lipinski definition) is 1. The summed E-state index contributed by atoms with van der Waals surface area (Å²) in [6.45, 7) is 5.19. The molecule has 6 nitrogen and oxygen atoms in total. The van der Waals surface area contributed by atoms with Gasteiger partial charge in [0.15, 0.2) is 0 Å². The topological polar surface area (TPSA) is 61.4 Å². The van der Waals surface area contributed by atoms with Crippen molar-refractivity contribution in [3.63, 3.8) is 0 Å². The van der Waals surface area contributed by atoms with Crippen molar-refractivity contribution in [3.05, 3.63) is 89.7 Å². The van der Waals surface area contributed by atoms with Gasteiger partial charge in [-0.05, 0) is 36.1 Å². The van der Waals surface area contributed by atoms with E-state index < -0.39 is 0 Å². The molecule has 0 atom stereocenters. The third-order valence-electron chi connectivity index (χ3n) is 5.71. The standard InChI is InChI=1S/C25H29N5O/c31-24(23-10-5-4-9-22(23)12-11-21-7-2-1-3-8-21)26-15-16-29-17-19-30(20-18-29)25-27-13-6-14-28-25/h1-10,13-14H,11-12,15-20H2,(H,26,31). The number of aryl methyl sites for hydroxylation is 2. The molecule has 1 aliphatic heterocycles. The highest BCUT2D eigenvalue weighted by atomic mass is 16.1. The lowest BCUT2D eigenvalue weighted by Gasteiger charge is -2.34. The van der Waals surface area contributed by atoms with Crippen molar-refractivity contribution in [3.8, 4) is 0 Å². The molecule has 1 fully saturated rings. The Morgan fingerprint density at radius 2 is 1.55 bits per heavy atom. The van der Waals surface area contributed by atoms with E-state index in [-0.39, 0.29) is 5.91 Å². The van der Waals surface area contributed by atoms with Crippen LogP contribution in [0.4, 0.5) is 5.95 Å². The molecule has 0 spiro atoms. The summed E-state index contributed by atoms with van der Waals surface area (Å²) in [4.78, 5) is 26.0. The Bertz CT molecular complexity index is 956. The molecule has 6 heteroatoms. The third kappa shape index (κ3) is 5.89. The predicted octanol–water partition coefficient (Wildman–Crippen LogP) is 2.81. The molecule has 0 aliphatic carbocycles. The number of anilines is 1. The van der Waals surface area contributed by atoms with Gasteiger partial charge < -0.3 is 10.2 Å². The maximum absolute atomic E-state index is 12.8. The van der Waals surface area contributed by atoms with Crippen molar-refractivity contribution in [1.29, 1.82) is 0 Å². The number of carbonyl (C=O) groups is 1. The van der Waals surface area contributed by atoms with Gasteiger partial charge in [-0.25, -0.2) is 9.97 Å². The van der Waals surface area contributed by atoms with Gasteiger partial charge in [-0.15, -0.1) is 0 Å². The summed E-state index contributed by atoms with van der Waals surface area (Å²) in [6.07, 6.45) is 5.35. The van der Waals surface area contributed by atoms with Crippen LogP contribution in [0.15, 0.2) is 73.1 Å². The summed E-state index contributed by atoms with van der Waals surface area (Å²) in [6, 6.07) is 20.2. The summed E-state index contributed by atoms with van der Waals surface area (Å²) in [5.74, 6) is 0.808. The molecule has 1 aliphatic rings. The maximum atomic E-state index is 12.8. The van der Waals surface area contributed by atoms with Crippen molar-refractivity contribution >= 4 is 11.9 Å². The van der Waals surface area contributed by atoms with Crippen molar-refractivity contribution in [2.24, 2.45) is 0 Å². The second-order valence-corrected chi connectivity index (χ2v) is 7.78. The largest absolute Gasteiger partial charge is 0.351 e. The van der Waals surface area contributed by atoms with Crippen LogP contribution in [0.5, 0.6) is 0 Å². The Balaban J connectivity index is 1.23. The molecule has 0 saturated carbocycles. The zero-order valence-corrected chi connectivity index (χ0v) is 17.8. The van der Waals surface area contributed by atoms with E-state index in [0.29, 0.717) is 6.54 Å². The van der Waals surface area contributed by atoms with Crippen molar-refractivity contribution in [2.75, 3.05) is 44.2 Å². The average Bonchev–Trinajstić information content (AvgIpc) is 2.84. The van der Waals surface area contributed by atoms with Crippen LogP contribution >= 0.6 is 0 Å². The molecule has 1 amide bonds. The number of piperazine rings is 1. The van der Waals surface area contributed by atoms with Gasteiger partial charge in [0, 0.05) is 57.2 Å². The third-order valence-corrected chi connectivity index (χ3v) is 5.71. The highest BCUT2D eigenvalue weighted by molar-refractivity contribution is 5.95. The first-order valence-corrected chi connectivity index (χ1v) is 10.9. The molecule has 4 rings (SSSR count). The Kier molecular flexibility index (Phi) is 7.24. The molecule has 3 aromatic rings. The molecule has 0 bridgehead atoms. The van der Waals surface area contributed by atoms with Crippen LogP contribution < -0.4 is 10.2 Å². The Labute approximate surface area is 183 Å². The van der Waals surface area contributed by atoms with Gasteiger partial charge in [0.2, 0.25) is 5.95 Å². The first-order valence-electron chi connectivity index (χ1n) is 10.9. The summed E-state index contributed by atoms with van der Waals surface area (Å²) in [5.41, 5.74) is 3.17. The summed E-state index contributed by atoms with van der Waals surface area (Å²) < 4.78 is 0. The smallest absolute Gasteiger partial charge is 0.251 e. The van der Waals surface area contributed by atoms with E-state index in [9.17, 15) is 4.79 Å². The fourth-order valence-corrected chi connectivity index (χ4v) is 3.93. The minimum absolute atomic E-state index is 0.0139. The summed E-state index contributed by atoms with van der Waals surface area (Å²) >= 11 is 0. The van der Waals surface area contributed by atoms with Crippen LogP contribution in [-0.4, -0.2) is 60.0 Å². The van der Waals surface area contributed by atoms with E-state index >= 15 is 0 Å². The molecular weight excluding hydrogens is 386 g/mol. The molecule has 0 unspecified atom stereocenters. The molecular formula is C25H29N5O. The van der Waals surface area contributed by atoms with Gasteiger partial charge in [0.05, 0.1) is 0 Å². The number of amides is 1. The molecule has 31 heavy (non-hydrogen) atoms. The monoisotopic (exact) mass is 415 g/mol. The molecule has 1 N–H and O–H groups in total. The van der Waals surface area contributed by atoms with E-state index in [0.717, 1.165) is 62.6 Å². The Morgan fingerprint density at radius 3 is 2.32 bits per heavy atom. The SMILES string of the molecule is O=C(NCCN1CCN(c2ncccn2)CC1)c1ccccc1CCc1ccccc1. The molecule has 160 valence electrons. The molecule has 2 heterocycles. The van der Waals surface area contributed by atoms with E-state index in [2.05, 4.69) is 55.4 Å². The van der Waals surface area contributed by atoms with Gasteiger partial charge in [-0.1, -0.05) is 48.5 Å². The Hall–Kier alpha value is -3.25. The van der Waals surface area contributed by atoms with Gasteiger partial charge in [-0.3, -0.25) is 9.69 Å². The number of benzene rings is 2. The highest BCUT2D eigenvalue weighted by Gasteiger charge is 2.18. The highest BCUT2D eigenvalue weighted by Crippen LogP contribution is 2.13. The second kappa shape index (κ2) is 10.7. The fourth-order valence-electron chi connectivity index (χ4n) is 3.93. The van der Waals surface area contributed by atoms with Gasteiger partial charge in [-0.2, -0.15) is 0 Å². The van der Waals surface area contributed by atoms with E-state index in [1.807, 2.05) is 30.3 Å². The van der Waals surface area contributed by atoms with Crippen LogP contribution in [0.1, 0.15) is 21.5 Å². The van der Waals surface area contributed by atoms with Gasteiger partial charge in [0.25, 0.3) is 5.91 Å². The van der Waals surface area contributed by atoms with E-state index in [4.69, 9.17) is 0 Å². The second-order valence-electron chi connectivity index (χ2n) is 7.78. The zero-order valence-electron chi connectivity index (χ0n) is 17.8. The minimum atomic E-state index is 0.0139.